The van der Waals surface area contributed by atoms with Crippen LogP contribution in [-0.4, -0.2) is 24.8 Å². The van der Waals surface area contributed by atoms with Gasteiger partial charge in [0.15, 0.2) is 0 Å². The fraction of sp³-hybridized carbons (Fsp3) is 0.500. The molecule has 0 aliphatic rings. The van der Waals surface area contributed by atoms with E-state index in [0.29, 0.717) is 0 Å². The van der Waals surface area contributed by atoms with Crippen LogP contribution in [0.15, 0.2) is 24.3 Å². The second-order valence-corrected chi connectivity index (χ2v) is 3.56. The zero-order valence-electron chi connectivity index (χ0n) is 8.79. The van der Waals surface area contributed by atoms with Crippen molar-refractivity contribution in [2.24, 2.45) is 0 Å². The summed E-state index contributed by atoms with van der Waals surface area (Å²) in [5.74, 6) is 0. The van der Waals surface area contributed by atoms with Crippen LogP contribution >= 0.6 is 0 Å². The largest absolute Gasteiger partial charge is 0.396 e. The molecule has 1 aromatic rings. The summed E-state index contributed by atoms with van der Waals surface area (Å²) in [6, 6.07) is 8.62. The van der Waals surface area contributed by atoms with Crippen LogP contribution in [0, 0.1) is 6.92 Å². The first-order valence-electron chi connectivity index (χ1n) is 5.20. The van der Waals surface area contributed by atoms with Crippen molar-refractivity contribution in [3.63, 3.8) is 0 Å². The van der Waals surface area contributed by atoms with Crippen LogP contribution in [0.25, 0.3) is 0 Å². The van der Waals surface area contributed by atoms with E-state index in [0.717, 1.165) is 25.9 Å². The Kier molecular flexibility index (Phi) is 5.27. The lowest BCUT2D eigenvalue weighted by Gasteiger charge is -2.03. The molecule has 0 bridgehead atoms. The van der Waals surface area contributed by atoms with Gasteiger partial charge in [0.2, 0.25) is 0 Å². The summed E-state index contributed by atoms with van der Waals surface area (Å²) < 4.78 is 0. The number of hydrogen-bond donors (Lipinski definition) is 2. The highest BCUT2D eigenvalue weighted by atomic mass is 16.3. The van der Waals surface area contributed by atoms with Gasteiger partial charge in [0, 0.05) is 6.61 Å². The summed E-state index contributed by atoms with van der Waals surface area (Å²) >= 11 is 0. The zero-order chi connectivity index (χ0) is 10.2. The topological polar surface area (TPSA) is 32.3 Å². The van der Waals surface area contributed by atoms with E-state index in [4.69, 9.17) is 5.11 Å². The lowest BCUT2D eigenvalue weighted by Crippen LogP contribution is -2.19. The quantitative estimate of drug-likeness (QED) is 0.671. The lowest BCUT2D eigenvalue weighted by atomic mass is 10.1. The first-order valence-corrected chi connectivity index (χ1v) is 5.20. The van der Waals surface area contributed by atoms with Crippen LogP contribution in [0.4, 0.5) is 0 Å². The van der Waals surface area contributed by atoms with Crippen molar-refractivity contribution in [3.8, 4) is 0 Å². The molecule has 0 heterocycles. The molecule has 1 rings (SSSR count). The molecule has 0 aliphatic heterocycles. The Balaban J connectivity index is 2.15. The minimum atomic E-state index is 0.275. The van der Waals surface area contributed by atoms with Gasteiger partial charge in [-0.05, 0) is 38.4 Å². The second kappa shape index (κ2) is 6.57. The van der Waals surface area contributed by atoms with E-state index in [1.807, 2.05) is 0 Å². The molecular formula is C12H19NO. The normalized spacial score (nSPS) is 10.4. The predicted molar refractivity (Wildman–Crippen MR) is 59.5 cm³/mol. The predicted octanol–water partition coefficient (Wildman–Crippen LogP) is 1.51. The molecule has 14 heavy (non-hydrogen) atoms. The van der Waals surface area contributed by atoms with Gasteiger partial charge in [0.25, 0.3) is 0 Å². The van der Waals surface area contributed by atoms with E-state index in [1.165, 1.54) is 11.1 Å². The number of hydrogen-bond acceptors (Lipinski definition) is 2. The van der Waals surface area contributed by atoms with Gasteiger partial charge in [-0.3, -0.25) is 0 Å². The molecule has 0 amide bonds. The summed E-state index contributed by atoms with van der Waals surface area (Å²) in [5.41, 5.74) is 2.68. The summed E-state index contributed by atoms with van der Waals surface area (Å²) in [7, 11) is 0. The number of nitrogens with one attached hydrogen (secondary N) is 1. The highest BCUT2D eigenvalue weighted by molar-refractivity contribution is 5.21. The molecule has 0 saturated carbocycles. The van der Waals surface area contributed by atoms with Gasteiger partial charge in [-0.2, -0.15) is 0 Å². The van der Waals surface area contributed by atoms with E-state index in [-0.39, 0.29) is 6.61 Å². The molecule has 0 saturated heterocycles. The lowest BCUT2D eigenvalue weighted by molar-refractivity contribution is 0.286. The molecule has 2 heteroatoms. The Morgan fingerprint density at radius 2 is 1.86 bits per heavy atom. The van der Waals surface area contributed by atoms with E-state index >= 15 is 0 Å². The number of benzene rings is 1. The minimum Gasteiger partial charge on any atom is -0.396 e. The monoisotopic (exact) mass is 193 g/mol. The van der Waals surface area contributed by atoms with Crippen molar-refractivity contribution >= 4 is 0 Å². The van der Waals surface area contributed by atoms with Crippen LogP contribution in [0.2, 0.25) is 0 Å². The van der Waals surface area contributed by atoms with E-state index in [2.05, 4.69) is 36.5 Å². The zero-order valence-corrected chi connectivity index (χ0v) is 8.79. The SMILES string of the molecule is Cc1ccc(CCNCCCO)cc1. The maximum Gasteiger partial charge on any atom is 0.0443 e. The van der Waals surface area contributed by atoms with Crippen LogP contribution < -0.4 is 5.32 Å². The maximum atomic E-state index is 8.57. The Bertz CT molecular complexity index is 243. The number of aliphatic hydroxyl groups is 1. The molecule has 0 fully saturated rings. The van der Waals surface area contributed by atoms with Crippen LogP contribution in [0.1, 0.15) is 17.5 Å². The molecule has 78 valence electrons. The third kappa shape index (κ3) is 4.40. The van der Waals surface area contributed by atoms with Gasteiger partial charge >= 0.3 is 0 Å². The first-order chi connectivity index (χ1) is 6.83. The smallest absolute Gasteiger partial charge is 0.0443 e. The Hall–Kier alpha value is -0.860. The molecule has 0 atom stereocenters. The van der Waals surface area contributed by atoms with Crippen LogP contribution in [-0.2, 0) is 6.42 Å². The third-order valence-corrected chi connectivity index (χ3v) is 2.22. The average molecular weight is 193 g/mol. The molecule has 0 unspecified atom stereocenters. The van der Waals surface area contributed by atoms with Gasteiger partial charge in [0.1, 0.15) is 0 Å². The van der Waals surface area contributed by atoms with Gasteiger partial charge in [-0.25, -0.2) is 0 Å². The van der Waals surface area contributed by atoms with Crippen molar-refractivity contribution in [2.75, 3.05) is 19.7 Å². The maximum absolute atomic E-state index is 8.57. The second-order valence-electron chi connectivity index (χ2n) is 3.56. The molecule has 0 spiro atoms. The number of aryl methyl sites for hydroxylation is 1. The van der Waals surface area contributed by atoms with E-state index < -0.39 is 0 Å². The highest BCUT2D eigenvalue weighted by Gasteiger charge is 1.92. The molecule has 2 N–H and O–H groups in total. The highest BCUT2D eigenvalue weighted by Crippen LogP contribution is 2.02. The molecular weight excluding hydrogens is 174 g/mol. The number of aliphatic hydroxyl groups excluding tert-OH is 1. The summed E-state index contributed by atoms with van der Waals surface area (Å²) in [6.45, 7) is 4.27. The molecule has 0 aromatic heterocycles. The fourth-order valence-electron chi connectivity index (χ4n) is 1.32. The Labute approximate surface area is 86.0 Å². The molecule has 0 radical (unpaired) electrons. The summed E-state index contributed by atoms with van der Waals surface area (Å²) in [4.78, 5) is 0. The Morgan fingerprint density at radius 3 is 2.50 bits per heavy atom. The molecule has 1 aromatic carbocycles. The first kappa shape index (κ1) is 11.2. The van der Waals surface area contributed by atoms with Crippen molar-refractivity contribution in [1.82, 2.24) is 5.32 Å². The molecule has 0 aliphatic carbocycles. The van der Waals surface area contributed by atoms with E-state index in [9.17, 15) is 0 Å². The fourth-order valence-corrected chi connectivity index (χ4v) is 1.32. The van der Waals surface area contributed by atoms with Crippen molar-refractivity contribution in [1.29, 1.82) is 0 Å². The van der Waals surface area contributed by atoms with E-state index in [1.54, 1.807) is 0 Å². The third-order valence-electron chi connectivity index (χ3n) is 2.22. The summed E-state index contributed by atoms with van der Waals surface area (Å²) in [6.07, 6.45) is 1.90. The van der Waals surface area contributed by atoms with Crippen molar-refractivity contribution in [3.05, 3.63) is 35.4 Å². The standard InChI is InChI=1S/C12H19NO/c1-11-3-5-12(6-4-11)7-9-13-8-2-10-14/h3-6,13-14H,2,7-10H2,1H3. The molecule has 2 nitrogen and oxygen atoms in total. The average Bonchev–Trinajstić information content (AvgIpc) is 2.21. The summed E-state index contributed by atoms with van der Waals surface area (Å²) in [5, 5.41) is 11.9. The van der Waals surface area contributed by atoms with Crippen molar-refractivity contribution in [2.45, 2.75) is 19.8 Å². The van der Waals surface area contributed by atoms with Crippen LogP contribution in [0.3, 0.4) is 0 Å². The number of rotatable bonds is 6. The van der Waals surface area contributed by atoms with Crippen molar-refractivity contribution < 1.29 is 5.11 Å². The van der Waals surface area contributed by atoms with Crippen LogP contribution in [0.5, 0.6) is 0 Å². The Morgan fingerprint density at radius 1 is 1.14 bits per heavy atom. The van der Waals surface area contributed by atoms with Gasteiger partial charge in [0.05, 0.1) is 0 Å². The van der Waals surface area contributed by atoms with Gasteiger partial charge in [-0.1, -0.05) is 29.8 Å². The van der Waals surface area contributed by atoms with Gasteiger partial charge in [-0.15, -0.1) is 0 Å². The minimum absolute atomic E-state index is 0.275. The van der Waals surface area contributed by atoms with Gasteiger partial charge < -0.3 is 10.4 Å².